The zero-order valence-corrected chi connectivity index (χ0v) is 27.1. The van der Waals surface area contributed by atoms with E-state index in [1.807, 2.05) is 54.6 Å². The summed E-state index contributed by atoms with van der Waals surface area (Å²) in [6.07, 6.45) is 0.100. The van der Waals surface area contributed by atoms with Crippen LogP contribution in [0.1, 0.15) is 71.3 Å². The quantitative estimate of drug-likeness (QED) is 0.149. The van der Waals surface area contributed by atoms with E-state index < -0.39 is 14.4 Å². The summed E-state index contributed by atoms with van der Waals surface area (Å²) in [5, 5.41) is 12.3. The van der Waals surface area contributed by atoms with Gasteiger partial charge in [-0.2, -0.15) is 0 Å². The van der Waals surface area contributed by atoms with Crippen LogP contribution >= 0.6 is 27.5 Å². The van der Waals surface area contributed by atoms with Crippen LogP contribution in [-0.2, 0) is 6.42 Å². The Morgan fingerprint density at radius 2 is 1.51 bits per heavy atom. The third kappa shape index (κ3) is 5.95. The van der Waals surface area contributed by atoms with E-state index in [1.165, 1.54) is 0 Å². The van der Waals surface area contributed by atoms with Crippen LogP contribution < -0.4 is 4.43 Å². The van der Waals surface area contributed by atoms with E-state index in [0.717, 1.165) is 55.5 Å². The van der Waals surface area contributed by atoms with E-state index in [1.54, 1.807) is 0 Å². The molecule has 1 N–H and O–H groups in total. The van der Waals surface area contributed by atoms with Gasteiger partial charge in [0.05, 0.1) is 11.2 Å². The highest BCUT2D eigenvalue weighted by atomic mass is 79.9. The number of aromatic nitrogens is 2. The SMILES string of the molecule is CCc1cc(C(O)c2ccc3nc(Cl)nc(-c4cccc(O[Si](C(C)C)(C(C)C)C(C)C)c4)c3c2)ccc1Br. The molecule has 0 aliphatic heterocycles. The normalized spacial score (nSPS) is 13.1. The third-order valence-corrected chi connectivity index (χ3v) is 14.8. The lowest BCUT2D eigenvalue weighted by Crippen LogP contribution is -2.50. The van der Waals surface area contributed by atoms with E-state index in [-0.39, 0.29) is 5.28 Å². The number of fused-ring (bicyclic) bond motifs is 1. The zero-order chi connectivity index (χ0) is 28.5. The summed E-state index contributed by atoms with van der Waals surface area (Å²) in [5.41, 5.74) is 6.53. The summed E-state index contributed by atoms with van der Waals surface area (Å²) in [4.78, 5) is 9.12. The Hall–Kier alpha value is -2.25. The first-order valence-corrected chi connectivity index (χ1v) is 17.0. The highest BCUT2D eigenvalue weighted by Gasteiger charge is 2.47. The van der Waals surface area contributed by atoms with Gasteiger partial charge >= 0.3 is 0 Å². The van der Waals surface area contributed by atoms with Gasteiger partial charge < -0.3 is 9.53 Å². The average molecular weight is 626 g/mol. The molecule has 0 saturated carbocycles. The maximum atomic E-state index is 11.3. The van der Waals surface area contributed by atoms with Gasteiger partial charge in [-0.3, -0.25) is 0 Å². The lowest BCUT2D eigenvalue weighted by atomic mass is 9.96. The van der Waals surface area contributed by atoms with Crippen LogP contribution in [0.4, 0.5) is 0 Å². The van der Waals surface area contributed by atoms with Crippen molar-refractivity contribution in [3.63, 3.8) is 0 Å². The number of halogens is 2. The average Bonchev–Trinajstić information content (AvgIpc) is 2.90. The summed E-state index contributed by atoms with van der Waals surface area (Å²) in [5.74, 6) is 0.858. The van der Waals surface area contributed by atoms with Crippen LogP contribution in [0.2, 0.25) is 21.9 Å². The van der Waals surface area contributed by atoms with E-state index >= 15 is 0 Å². The predicted molar refractivity (Wildman–Crippen MR) is 169 cm³/mol. The molecule has 4 rings (SSSR count). The summed E-state index contributed by atoms with van der Waals surface area (Å²) in [7, 11) is -2.13. The first kappa shape index (κ1) is 29.7. The van der Waals surface area contributed by atoms with Gasteiger partial charge in [0.25, 0.3) is 8.32 Å². The van der Waals surface area contributed by atoms with Gasteiger partial charge in [-0.1, -0.05) is 94.7 Å². The lowest BCUT2D eigenvalue weighted by molar-refractivity contribution is 0.220. The predicted octanol–water partition coefficient (Wildman–Crippen LogP) is 9.91. The van der Waals surface area contributed by atoms with Crippen molar-refractivity contribution in [3.8, 4) is 17.0 Å². The van der Waals surface area contributed by atoms with Crippen LogP contribution in [-0.4, -0.2) is 23.4 Å². The fraction of sp³-hybridized carbons (Fsp3) is 0.375. The van der Waals surface area contributed by atoms with Crippen molar-refractivity contribution in [1.82, 2.24) is 9.97 Å². The Bertz CT molecular complexity index is 1450. The molecule has 0 radical (unpaired) electrons. The second-order valence-electron chi connectivity index (χ2n) is 11.2. The Kier molecular flexibility index (Phi) is 9.21. The molecule has 0 spiro atoms. The molecule has 1 heterocycles. The first-order valence-electron chi connectivity index (χ1n) is 13.7. The molecule has 1 atom stereocenters. The molecule has 3 aromatic carbocycles. The number of aliphatic hydroxyl groups excluding tert-OH is 1. The second-order valence-corrected chi connectivity index (χ2v) is 17.7. The molecule has 1 unspecified atom stereocenters. The van der Waals surface area contributed by atoms with Crippen LogP contribution in [0.15, 0.2) is 65.1 Å². The molecule has 0 amide bonds. The van der Waals surface area contributed by atoms with Crippen molar-refractivity contribution in [2.24, 2.45) is 0 Å². The van der Waals surface area contributed by atoms with Gasteiger partial charge in [0.1, 0.15) is 11.9 Å². The monoisotopic (exact) mass is 624 g/mol. The van der Waals surface area contributed by atoms with Crippen molar-refractivity contribution < 1.29 is 9.53 Å². The number of benzene rings is 3. The molecule has 0 aliphatic rings. The molecule has 4 aromatic rings. The number of aryl methyl sites for hydroxylation is 1. The van der Waals surface area contributed by atoms with Crippen LogP contribution in [0.25, 0.3) is 22.2 Å². The molecule has 4 nitrogen and oxygen atoms in total. The van der Waals surface area contributed by atoms with Crippen LogP contribution in [0.3, 0.4) is 0 Å². The Morgan fingerprint density at radius 3 is 2.15 bits per heavy atom. The maximum Gasteiger partial charge on any atom is 0.258 e. The Labute approximate surface area is 247 Å². The summed E-state index contributed by atoms with van der Waals surface area (Å²) in [6.45, 7) is 15.8. The summed E-state index contributed by atoms with van der Waals surface area (Å²) < 4.78 is 8.01. The molecule has 39 heavy (non-hydrogen) atoms. The van der Waals surface area contributed by atoms with E-state index in [0.29, 0.717) is 16.6 Å². The fourth-order valence-corrected chi connectivity index (χ4v) is 11.9. The van der Waals surface area contributed by atoms with E-state index in [9.17, 15) is 5.11 Å². The maximum absolute atomic E-state index is 11.3. The number of hydrogen-bond donors (Lipinski definition) is 1. The standard InChI is InChI=1S/C32H38BrClN2O2Si/c1-8-22-16-24(12-14-28(22)33)31(37)25-13-15-29-27(18-25)30(36-32(34)35-29)23-10-9-11-26(17-23)38-39(19(2)3,20(4)5)21(6)7/h9-21,31,37H,8H2,1-7H3. The Morgan fingerprint density at radius 1 is 0.872 bits per heavy atom. The summed E-state index contributed by atoms with van der Waals surface area (Å²) >= 11 is 9.99. The molecule has 0 saturated heterocycles. The minimum absolute atomic E-state index is 0.188. The number of hydrogen-bond acceptors (Lipinski definition) is 4. The second kappa shape index (κ2) is 12.1. The van der Waals surface area contributed by atoms with E-state index in [4.69, 9.17) is 16.0 Å². The lowest BCUT2D eigenvalue weighted by Gasteiger charge is -2.42. The van der Waals surface area contributed by atoms with Crippen molar-refractivity contribution in [2.75, 3.05) is 0 Å². The van der Waals surface area contributed by atoms with Gasteiger partial charge in [-0.05, 0) is 81.7 Å². The largest absolute Gasteiger partial charge is 0.543 e. The van der Waals surface area contributed by atoms with Crippen molar-refractivity contribution >= 4 is 46.8 Å². The number of nitrogens with zero attached hydrogens (tertiary/aromatic N) is 2. The summed E-state index contributed by atoms with van der Waals surface area (Å²) in [6, 6.07) is 19.9. The smallest absolute Gasteiger partial charge is 0.258 e. The number of aliphatic hydroxyl groups is 1. The van der Waals surface area contributed by atoms with Crippen LogP contribution in [0.5, 0.6) is 5.75 Å². The third-order valence-electron chi connectivity index (χ3n) is 7.88. The van der Waals surface area contributed by atoms with Crippen molar-refractivity contribution in [1.29, 1.82) is 0 Å². The number of rotatable bonds is 9. The van der Waals surface area contributed by atoms with Gasteiger partial charge in [-0.15, -0.1) is 0 Å². The van der Waals surface area contributed by atoms with Crippen molar-refractivity contribution in [2.45, 2.75) is 77.6 Å². The van der Waals surface area contributed by atoms with Gasteiger partial charge in [0.2, 0.25) is 5.28 Å². The van der Waals surface area contributed by atoms with E-state index in [2.05, 4.69) is 80.4 Å². The van der Waals surface area contributed by atoms with Crippen LogP contribution in [0, 0.1) is 0 Å². The van der Waals surface area contributed by atoms with Crippen molar-refractivity contribution in [3.05, 3.63) is 87.1 Å². The minimum Gasteiger partial charge on any atom is -0.543 e. The van der Waals surface area contributed by atoms with Gasteiger partial charge in [0.15, 0.2) is 0 Å². The first-order chi connectivity index (χ1) is 18.5. The molecule has 0 aliphatic carbocycles. The minimum atomic E-state index is -2.13. The topological polar surface area (TPSA) is 55.2 Å². The highest BCUT2D eigenvalue weighted by molar-refractivity contribution is 9.10. The molecule has 0 fully saturated rings. The molecular weight excluding hydrogens is 588 g/mol. The molecule has 1 aromatic heterocycles. The molecule has 206 valence electrons. The zero-order valence-electron chi connectivity index (χ0n) is 23.8. The van der Waals surface area contributed by atoms with Gasteiger partial charge in [0, 0.05) is 15.4 Å². The molecular formula is C32H38BrClN2O2Si. The molecule has 0 bridgehead atoms. The fourth-order valence-electron chi connectivity index (χ4n) is 6.00. The Balaban J connectivity index is 1.80. The van der Waals surface area contributed by atoms with Gasteiger partial charge in [-0.25, -0.2) is 9.97 Å². The highest BCUT2D eigenvalue weighted by Crippen LogP contribution is 2.43. The molecule has 7 heteroatoms.